The van der Waals surface area contributed by atoms with E-state index in [0.29, 0.717) is 34.6 Å². The number of halogens is 1. The third kappa shape index (κ3) is 2.53. The molecule has 0 spiro atoms. The predicted molar refractivity (Wildman–Crippen MR) is 72.8 cm³/mol. The van der Waals surface area contributed by atoms with Crippen molar-refractivity contribution in [3.8, 4) is 17.2 Å². The fourth-order valence-corrected chi connectivity index (χ4v) is 2.16. The fraction of sp³-hybridized carbons (Fsp3) is 0.143. The summed E-state index contributed by atoms with van der Waals surface area (Å²) >= 11 is 6.10. The van der Waals surface area contributed by atoms with Crippen LogP contribution in [0.5, 0.6) is 17.2 Å². The van der Waals surface area contributed by atoms with Crippen LogP contribution in [0.1, 0.15) is 5.56 Å². The van der Waals surface area contributed by atoms with Crippen LogP contribution in [0.4, 0.5) is 5.69 Å². The Balaban J connectivity index is 1.76. The molecule has 0 radical (unpaired) electrons. The van der Waals surface area contributed by atoms with E-state index in [-0.39, 0.29) is 6.79 Å². The van der Waals surface area contributed by atoms with Gasteiger partial charge in [-0.05, 0) is 29.8 Å². The van der Waals surface area contributed by atoms with E-state index in [1.807, 2.05) is 24.3 Å². The van der Waals surface area contributed by atoms with Gasteiger partial charge in [-0.15, -0.1) is 0 Å². The van der Waals surface area contributed by atoms with Gasteiger partial charge in [-0.25, -0.2) is 0 Å². The molecule has 0 bridgehead atoms. The molecule has 3 rings (SSSR count). The number of anilines is 1. The number of ether oxygens (including phenoxy) is 3. The summed E-state index contributed by atoms with van der Waals surface area (Å²) in [6.07, 6.45) is 0. The zero-order chi connectivity index (χ0) is 13.2. The van der Waals surface area contributed by atoms with Gasteiger partial charge < -0.3 is 19.9 Å². The molecular weight excluding hydrogens is 266 g/mol. The second-order valence-corrected chi connectivity index (χ2v) is 4.58. The Hall–Kier alpha value is -2.07. The molecule has 2 aromatic rings. The Morgan fingerprint density at radius 2 is 2.11 bits per heavy atom. The first-order valence-electron chi connectivity index (χ1n) is 5.79. The molecule has 0 aliphatic carbocycles. The van der Waals surface area contributed by atoms with Crippen LogP contribution in [0.15, 0.2) is 36.4 Å². The SMILES string of the molecule is Nc1cccc(OCc2cc(Cl)c3c(c2)OCO3)c1. The summed E-state index contributed by atoms with van der Waals surface area (Å²) in [5.74, 6) is 1.96. The van der Waals surface area contributed by atoms with Gasteiger partial charge in [-0.1, -0.05) is 17.7 Å². The first-order chi connectivity index (χ1) is 9.22. The van der Waals surface area contributed by atoms with Crippen molar-refractivity contribution in [2.45, 2.75) is 6.61 Å². The quantitative estimate of drug-likeness (QED) is 0.875. The molecule has 1 aliphatic heterocycles. The lowest BCUT2D eigenvalue weighted by Crippen LogP contribution is -1.96. The monoisotopic (exact) mass is 277 g/mol. The van der Waals surface area contributed by atoms with E-state index in [1.165, 1.54) is 0 Å². The molecule has 0 amide bonds. The Morgan fingerprint density at radius 1 is 1.21 bits per heavy atom. The molecule has 0 fully saturated rings. The summed E-state index contributed by atoms with van der Waals surface area (Å²) in [5.41, 5.74) is 7.27. The second-order valence-electron chi connectivity index (χ2n) is 4.17. The number of nitrogens with two attached hydrogens (primary N) is 1. The highest BCUT2D eigenvalue weighted by Gasteiger charge is 2.18. The van der Waals surface area contributed by atoms with Gasteiger partial charge in [-0.3, -0.25) is 0 Å². The average Bonchev–Trinajstić information content (AvgIpc) is 2.85. The molecule has 1 aliphatic rings. The molecule has 2 aromatic carbocycles. The van der Waals surface area contributed by atoms with Gasteiger partial charge in [-0.2, -0.15) is 0 Å². The predicted octanol–water partition coefficient (Wildman–Crippen LogP) is 3.23. The molecule has 4 nitrogen and oxygen atoms in total. The third-order valence-corrected chi connectivity index (χ3v) is 3.03. The minimum atomic E-state index is 0.203. The number of benzene rings is 2. The number of fused-ring (bicyclic) bond motifs is 1. The van der Waals surface area contributed by atoms with Crippen LogP contribution >= 0.6 is 11.6 Å². The standard InChI is InChI=1S/C14H12ClNO3/c15-12-4-9(5-13-14(12)19-8-18-13)7-17-11-3-1-2-10(16)6-11/h1-6H,7-8,16H2. The highest BCUT2D eigenvalue weighted by Crippen LogP contribution is 2.39. The Bertz CT molecular complexity index is 616. The van der Waals surface area contributed by atoms with Crippen molar-refractivity contribution in [2.75, 3.05) is 12.5 Å². The van der Waals surface area contributed by atoms with E-state index in [4.69, 9.17) is 31.5 Å². The van der Waals surface area contributed by atoms with Crippen LogP contribution in [0.2, 0.25) is 5.02 Å². The summed E-state index contributed by atoms with van der Waals surface area (Å²) in [6, 6.07) is 10.9. The molecule has 0 aromatic heterocycles. The zero-order valence-electron chi connectivity index (χ0n) is 10.1. The summed E-state index contributed by atoms with van der Waals surface area (Å²) in [6.45, 7) is 0.592. The van der Waals surface area contributed by atoms with E-state index in [1.54, 1.807) is 12.1 Å². The van der Waals surface area contributed by atoms with E-state index < -0.39 is 0 Å². The normalized spacial score (nSPS) is 12.5. The molecule has 98 valence electrons. The number of hydrogen-bond donors (Lipinski definition) is 1. The lowest BCUT2D eigenvalue weighted by Gasteiger charge is -2.08. The maximum Gasteiger partial charge on any atom is 0.231 e. The van der Waals surface area contributed by atoms with Crippen LogP contribution in [0, 0.1) is 0 Å². The van der Waals surface area contributed by atoms with E-state index >= 15 is 0 Å². The molecule has 5 heteroatoms. The van der Waals surface area contributed by atoms with Crippen LogP contribution < -0.4 is 19.9 Å². The summed E-state index contributed by atoms with van der Waals surface area (Å²) in [4.78, 5) is 0. The average molecular weight is 278 g/mol. The van der Waals surface area contributed by atoms with Gasteiger partial charge in [0.05, 0.1) is 5.02 Å². The van der Waals surface area contributed by atoms with Gasteiger partial charge in [0.1, 0.15) is 12.4 Å². The summed E-state index contributed by atoms with van der Waals surface area (Å²) < 4.78 is 16.2. The number of nitrogen functional groups attached to an aromatic ring is 1. The molecule has 2 N–H and O–H groups in total. The zero-order valence-corrected chi connectivity index (χ0v) is 10.8. The topological polar surface area (TPSA) is 53.7 Å². The maximum atomic E-state index is 6.10. The first kappa shape index (κ1) is 12.0. The van der Waals surface area contributed by atoms with Crippen LogP contribution in [-0.2, 0) is 6.61 Å². The highest BCUT2D eigenvalue weighted by atomic mass is 35.5. The van der Waals surface area contributed by atoms with Crippen LogP contribution in [0.3, 0.4) is 0 Å². The number of rotatable bonds is 3. The van der Waals surface area contributed by atoms with Crippen molar-refractivity contribution in [1.82, 2.24) is 0 Å². The van der Waals surface area contributed by atoms with E-state index in [9.17, 15) is 0 Å². The molecule has 0 saturated carbocycles. The molecule has 1 heterocycles. The third-order valence-electron chi connectivity index (χ3n) is 2.75. The molecule has 0 saturated heterocycles. The van der Waals surface area contributed by atoms with Crippen molar-refractivity contribution in [3.63, 3.8) is 0 Å². The Kier molecular flexibility index (Phi) is 3.09. The van der Waals surface area contributed by atoms with E-state index in [2.05, 4.69) is 0 Å². The molecule has 0 unspecified atom stereocenters. The van der Waals surface area contributed by atoms with Crippen molar-refractivity contribution < 1.29 is 14.2 Å². The van der Waals surface area contributed by atoms with Crippen molar-refractivity contribution in [1.29, 1.82) is 0 Å². The maximum absolute atomic E-state index is 6.10. The Labute approximate surface area is 115 Å². The van der Waals surface area contributed by atoms with Gasteiger partial charge in [0, 0.05) is 11.8 Å². The molecule has 0 atom stereocenters. The minimum absolute atomic E-state index is 0.203. The van der Waals surface area contributed by atoms with Crippen LogP contribution in [0.25, 0.3) is 0 Å². The van der Waals surface area contributed by atoms with Crippen LogP contribution in [-0.4, -0.2) is 6.79 Å². The minimum Gasteiger partial charge on any atom is -0.489 e. The second kappa shape index (κ2) is 4.90. The Morgan fingerprint density at radius 3 is 2.95 bits per heavy atom. The van der Waals surface area contributed by atoms with Crippen molar-refractivity contribution >= 4 is 17.3 Å². The lowest BCUT2D eigenvalue weighted by molar-refractivity contribution is 0.174. The van der Waals surface area contributed by atoms with Crippen molar-refractivity contribution in [3.05, 3.63) is 47.0 Å². The number of hydrogen-bond acceptors (Lipinski definition) is 4. The van der Waals surface area contributed by atoms with Gasteiger partial charge in [0.2, 0.25) is 6.79 Å². The summed E-state index contributed by atoms with van der Waals surface area (Å²) in [5, 5.41) is 0.529. The van der Waals surface area contributed by atoms with Crippen molar-refractivity contribution in [2.24, 2.45) is 0 Å². The lowest BCUT2D eigenvalue weighted by atomic mass is 10.2. The first-order valence-corrected chi connectivity index (χ1v) is 6.16. The van der Waals surface area contributed by atoms with Gasteiger partial charge in [0.25, 0.3) is 0 Å². The summed E-state index contributed by atoms with van der Waals surface area (Å²) in [7, 11) is 0. The molecule has 19 heavy (non-hydrogen) atoms. The van der Waals surface area contributed by atoms with Gasteiger partial charge >= 0.3 is 0 Å². The van der Waals surface area contributed by atoms with Gasteiger partial charge in [0.15, 0.2) is 11.5 Å². The smallest absolute Gasteiger partial charge is 0.231 e. The largest absolute Gasteiger partial charge is 0.489 e. The van der Waals surface area contributed by atoms with E-state index in [0.717, 1.165) is 5.56 Å². The fourth-order valence-electron chi connectivity index (χ4n) is 1.88. The highest BCUT2D eigenvalue weighted by molar-refractivity contribution is 6.32. The molecular formula is C14H12ClNO3.